The zero-order chi connectivity index (χ0) is 14.3. The number of ketones is 1. The molecule has 0 saturated heterocycles. The van der Waals surface area contributed by atoms with E-state index in [0.717, 1.165) is 36.9 Å². The van der Waals surface area contributed by atoms with Crippen molar-refractivity contribution in [3.05, 3.63) is 34.9 Å². The predicted molar refractivity (Wildman–Crippen MR) is 80.4 cm³/mol. The Balaban J connectivity index is 3.06. The second-order valence-electron chi connectivity index (χ2n) is 5.25. The fourth-order valence-electron chi connectivity index (χ4n) is 2.26. The zero-order valence-corrected chi connectivity index (χ0v) is 12.3. The third kappa shape index (κ3) is 4.44. The Morgan fingerprint density at radius 1 is 1.26 bits per heavy atom. The first-order valence-corrected chi connectivity index (χ1v) is 7.11. The van der Waals surface area contributed by atoms with E-state index < -0.39 is 0 Å². The highest BCUT2D eigenvalue weighted by atomic mass is 16.1. The van der Waals surface area contributed by atoms with Crippen LogP contribution in [-0.4, -0.2) is 19.4 Å². The Kier molecular flexibility index (Phi) is 6.74. The Bertz CT molecular complexity index is 413. The number of Topliss-reactive ketones (excluding diaryl/α,β-unsaturated/α-hetero) is 1. The summed E-state index contributed by atoms with van der Waals surface area (Å²) in [6, 6.07) is 6.16. The molecule has 0 amide bonds. The van der Waals surface area contributed by atoms with Gasteiger partial charge in [0, 0.05) is 18.0 Å². The largest absolute Gasteiger partial charge is 0.330 e. The normalized spacial score (nSPS) is 11.0. The molecule has 0 aliphatic heterocycles. The van der Waals surface area contributed by atoms with Gasteiger partial charge in [-0.25, -0.2) is 0 Å². The standard InChI is InChI=1S/C16H26N2O/c1-12(2)16(19)15-13(7-4-5-10-17)8-6-9-14(15)11-18-3/h6,8-9,12,18H,4-5,7,10-11,17H2,1-3H3. The Morgan fingerprint density at radius 3 is 2.53 bits per heavy atom. The van der Waals surface area contributed by atoms with Crippen molar-refractivity contribution in [2.24, 2.45) is 11.7 Å². The number of rotatable bonds is 8. The summed E-state index contributed by atoms with van der Waals surface area (Å²) in [7, 11) is 1.91. The molecule has 106 valence electrons. The Labute approximate surface area is 116 Å². The van der Waals surface area contributed by atoms with Crippen LogP contribution < -0.4 is 11.1 Å². The molecule has 0 spiro atoms. The van der Waals surface area contributed by atoms with Crippen LogP contribution in [0.2, 0.25) is 0 Å². The lowest BCUT2D eigenvalue weighted by molar-refractivity contribution is 0.0937. The summed E-state index contributed by atoms with van der Waals surface area (Å²) in [4.78, 5) is 12.4. The smallest absolute Gasteiger partial charge is 0.165 e. The van der Waals surface area contributed by atoms with Gasteiger partial charge in [0.25, 0.3) is 0 Å². The molecule has 0 bridgehead atoms. The summed E-state index contributed by atoms with van der Waals surface area (Å²) in [5.74, 6) is 0.278. The number of hydrogen-bond acceptors (Lipinski definition) is 3. The summed E-state index contributed by atoms with van der Waals surface area (Å²) in [5, 5.41) is 3.14. The van der Waals surface area contributed by atoms with Crippen molar-refractivity contribution in [2.75, 3.05) is 13.6 Å². The van der Waals surface area contributed by atoms with E-state index in [0.29, 0.717) is 6.54 Å². The van der Waals surface area contributed by atoms with Crippen molar-refractivity contribution in [3.63, 3.8) is 0 Å². The molecule has 0 fully saturated rings. The van der Waals surface area contributed by atoms with Crippen LogP contribution in [0.15, 0.2) is 18.2 Å². The molecule has 0 saturated carbocycles. The molecule has 3 N–H and O–H groups in total. The average molecular weight is 262 g/mol. The Hall–Kier alpha value is -1.19. The molecule has 0 atom stereocenters. The van der Waals surface area contributed by atoms with Crippen molar-refractivity contribution in [1.82, 2.24) is 5.32 Å². The number of nitrogens with two attached hydrogens (primary N) is 1. The third-order valence-corrected chi connectivity index (χ3v) is 3.28. The third-order valence-electron chi connectivity index (χ3n) is 3.28. The van der Waals surface area contributed by atoms with Crippen molar-refractivity contribution in [2.45, 2.75) is 39.7 Å². The summed E-state index contributed by atoms with van der Waals surface area (Å²) in [6.45, 7) is 5.37. The lowest BCUT2D eigenvalue weighted by Gasteiger charge is -2.15. The van der Waals surface area contributed by atoms with Gasteiger partial charge >= 0.3 is 0 Å². The van der Waals surface area contributed by atoms with Gasteiger partial charge in [-0.15, -0.1) is 0 Å². The number of carbonyl (C=O) groups is 1. The maximum absolute atomic E-state index is 12.4. The molecular formula is C16H26N2O. The molecule has 1 aromatic carbocycles. The second kappa shape index (κ2) is 8.08. The molecule has 1 aromatic rings. The monoisotopic (exact) mass is 262 g/mol. The molecule has 1 rings (SSSR count). The molecule has 3 nitrogen and oxygen atoms in total. The fourth-order valence-corrected chi connectivity index (χ4v) is 2.26. The molecule has 0 radical (unpaired) electrons. The number of nitrogens with one attached hydrogen (secondary N) is 1. The molecule has 3 heteroatoms. The van der Waals surface area contributed by atoms with Crippen molar-refractivity contribution in [1.29, 1.82) is 0 Å². The quantitative estimate of drug-likeness (QED) is 0.559. The van der Waals surface area contributed by atoms with Crippen LogP contribution in [0.25, 0.3) is 0 Å². The van der Waals surface area contributed by atoms with E-state index in [-0.39, 0.29) is 11.7 Å². The van der Waals surface area contributed by atoms with Crippen molar-refractivity contribution < 1.29 is 4.79 Å². The van der Waals surface area contributed by atoms with Crippen LogP contribution >= 0.6 is 0 Å². The fraction of sp³-hybridized carbons (Fsp3) is 0.562. The lowest BCUT2D eigenvalue weighted by Crippen LogP contribution is -2.17. The summed E-state index contributed by atoms with van der Waals surface area (Å²) >= 11 is 0. The van der Waals surface area contributed by atoms with E-state index in [4.69, 9.17) is 5.73 Å². The molecule has 0 heterocycles. The summed E-state index contributed by atoms with van der Waals surface area (Å²) in [6.07, 6.45) is 2.98. The SMILES string of the molecule is CNCc1cccc(CCCCN)c1C(=O)C(C)C. The highest BCUT2D eigenvalue weighted by molar-refractivity contribution is 6.00. The van der Waals surface area contributed by atoms with Crippen LogP contribution in [0.1, 0.15) is 48.2 Å². The van der Waals surface area contributed by atoms with Crippen LogP contribution in [0, 0.1) is 5.92 Å². The van der Waals surface area contributed by atoms with E-state index in [1.807, 2.05) is 33.0 Å². The predicted octanol–water partition coefficient (Wildman–Crippen LogP) is 2.53. The van der Waals surface area contributed by atoms with E-state index >= 15 is 0 Å². The maximum Gasteiger partial charge on any atom is 0.165 e. The van der Waals surface area contributed by atoms with Crippen LogP contribution in [0.4, 0.5) is 0 Å². The number of carbonyl (C=O) groups excluding carboxylic acids is 1. The van der Waals surface area contributed by atoms with Crippen LogP contribution in [-0.2, 0) is 13.0 Å². The van der Waals surface area contributed by atoms with E-state index in [9.17, 15) is 4.79 Å². The number of hydrogen-bond donors (Lipinski definition) is 2. The van der Waals surface area contributed by atoms with Gasteiger partial charge in [0.2, 0.25) is 0 Å². The average Bonchev–Trinajstić information content (AvgIpc) is 2.39. The number of aryl methyl sites for hydroxylation is 1. The van der Waals surface area contributed by atoms with Gasteiger partial charge < -0.3 is 11.1 Å². The first-order chi connectivity index (χ1) is 9.11. The number of unbranched alkanes of at least 4 members (excludes halogenated alkanes) is 1. The van der Waals surface area contributed by atoms with Gasteiger partial charge in [0.15, 0.2) is 5.78 Å². The first-order valence-electron chi connectivity index (χ1n) is 7.11. The highest BCUT2D eigenvalue weighted by Gasteiger charge is 2.18. The van der Waals surface area contributed by atoms with E-state index in [1.54, 1.807) is 0 Å². The first kappa shape index (κ1) is 15.9. The van der Waals surface area contributed by atoms with E-state index in [1.165, 1.54) is 5.56 Å². The van der Waals surface area contributed by atoms with Gasteiger partial charge in [-0.2, -0.15) is 0 Å². The topological polar surface area (TPSA) is 55.1 Å². The van der Waals surface area contributed by atoms with Crippen molar-refractivity contribution >= 4 is 5.78 Å². The molecule has 0 unspecified atom stereocenters. The summed E-state index contributed by atoms with van der Waals surface area (Å²) in [5.41, 5.74) is 8.73. The highest BCUT2D eigenvalue weighted by Crippen LogP contribution is 2.21. The maximum atomic E-state index is 12.4. The Morgan fingerprint density at radius 2 is 1.95 bits per heavy atom. The minimum absolute atomic E-state index is 0.0336. The second-order valence-corrected chi connectivity index (χ2v) is 5.25. The molecule has 0 aromatic heterocycles. The van der Waals surface area contributed by atoms with Crippen molar-refractivity contribution in [3.8, 4) is 0 Å². The van der Waals surface area contributed by atoms with Gasteiger partial charge in [0.05, 0.1) is 0 Å². The van der Waals surface area contributed by atoms with Crippen LogP contribution in [0.3, 0.4) is 0 Å². The molecule has 19 heavy (non-hydrogen) atoms. The molecule has 0 aliphatic rings. The number of benzene rings is 1. The van der Waals surface area contributed by atoms with E-state index in [2.05, 4.69) is 11.4 Å². The minimum Gasteiger partial charge on any atom is -0.330 e. The lowest BCUT2D eigenvalue weighted by atomic mass is 9.89. The minimum atomic E-state index is 0.0336. The van der Waals surface area contributed by atoms with Gasteiger partial charge in [-0.3, -0.25) is 4.79 Å². The molecular weight excluding hydrogens is 236 g/mol. The van der Waals surface area contributed by atoms with Crippen LogP contribution in [0.5, 0.6) is 0 Å². The van der Waals surface area contributed by atoms with Gasteiger partial charge in [0.1, 0.15) is 0 Å². The van der Waals surface area contributed by atoms with Gasteiger partial charge in [-0.1, -0.05) is 32.0 Å². The van der Waals surface area contributed by atoms with Gasteiger partial charge in [-0.05, 0) is 44.0 Å². The summed E-state index contributed by atoms with van der Waals surface area (Å²) < 4.78 is 0. The molecule has 0 aliphatic carbocycles. The zero-order valence-electron chi connectivity index (χ0n) is 12.3.